The van der Waals surface area contributed by atoms with Crippen molar-refractivity contribution in [2.45, 2.75) is 33.1 Å². The van der Waals surface area contributed by atoms with Crippen LogP contribution in [-0.2, 0) is 12.8 Å². The molecule has 0 unspecified atom stereocenters. The lowest BCUT2D eigenvalue weighted by atomic mass is 9.98. The van der Waals surface area contributed by atoms with E-state index in [9.17, 15) is 0 Å². The van der Waals surface area contributed by atoms with Crippen molar-refractivity contribution >= 4 is 5.57 Å². The van der Waals surface area contributed by atoms with Crippen molar-refractivity contribution in [2.24, 2.45) is 0 Å². The predicted molar refractivity (Wildman–Crippen MR) is 106 cm³/mol. The standard InChI is InChI=1S/C23H29NO/c1-4-24(5-2)14-13-22-20(15-18-9-7-6-8-10-18)16-19-11-12-21(25-3)17-23(19)22/h6-12,17H,4-5,13-16H2,1-3H3. The minimum atomic E-state index is 0.958. The third-order valence-electron chi connectivity index (χ3n) is 5.31. The Morgan fingerprint density at radius 2 is 1.76 bits per heavy atom. The van der Waals surface area contributed by atoms with Gasteiger partial charge in [0, 0.05) is 6.54 Å². The third kappa shape index (κ3) is 4.13. The zero-order valence-corrected chi connectivity index (χ0v) is 15.7. The van der Waals surface area contributed by atoms with Gasteiger partial charge in [-0.1, -0.05) is 55.8 Å². The van der Waals surface area contributed by atoms with Crippen LogP contribution in [0.4, 0.5) is 0 Å². The molecule has 0 saturated heterocycles. The highest BCUT2D eigenvalue weighted by atomic mass is 16.5. The van der Waals surface area contributed by atoms with Gasteiger partial charge in [-0.2, -0.15) is 0 Å². The molecule has 0 atom stereocenters. The summed E-state index contributed by atoms with van der Waals surface area (Å²) in [7, 11) is 1.75. The molecular weight excluding hydrogens is 306 g/mol. The average molecular weight is 335 g/mol. The van der Waals surface area contributed by atoms with Crippen LogP contribution in [0, 0.1) is 0 Å². The Hall–Kier alpha value is -2.06. The molecule has 25 heavy (non-hydrogen) atoms. The first-order valence-electron chi connectivity index (χ1n) is 9.39. The molecule has 0 radical (unpaired) electrons. The van der Waals surface area contributed by atoms with Gasteiger partial charge < -0.3 is 9.64 Å². The molecule has 0 heterocycles. The van der Waals surface area contributed by atoms with Crippen molar-refractivity contribution in [3.8, 4) is 5.75 Å². The number of hydrogen-bond donors (Lipinski definition) is 0. The van der Waals surface area contributed by atoms with Gasteiger partial charge in [0.15, 0.2) is 0 Å². The van der Waals surface area contributed by atoms with Crippen LogP contribution in [0.2, 0.25) is 0 Å². The Kier molecular flexibility index (Phi) is 5.93. The number of nitrogens with zero attached hydrogens (tertiary/aromatic N) is 1. The highest BCUT2D eigenvalue weighted by Gasteiger charge is 2.22. The molecular formula is C23H29NO. The molecule has 0 aromatic heterocycles. The van der Waals surface area contributed by atoms with Crippen molar-refractivity contribution in [3.63, 3.8) is 0 Å². The molecule has 0 aliphatic heterocycles. The van der Waals surface area contributed by atoms with E-state index in [2.05, 4.69) is 67.3 Å². The first-order valence-corrected chi connectivity index (χ1v) is 9.39. The van der Waals surface area contributed by atoms with Gasteiger partial charge in [0.2, 0.25) is 0 Å². The SMILES string of the molecule is CCN(CC)CCC1=C(Cc2ccccc2)Cc2ccc(OC)cc21. The Labute approximate surface area is 152 Å². The lowest BCUT2D eigenvalue weighted by Crippen LogP contribution is -2.24. The summed E-state index contributed by atoms with van der Waals surface area (Å²) in [5.74, 6) is 0.958. The second-order valence-corrected chi connectivity index (χ2v) is 6.72. The number of allylic oxidation sites excluding steroid dienone is 1. The van der Waals surface area contributed by atoms with Gasteiger partial charge in [0.1, 0.15) is 5.75 Å². The van der Waals surface area contributed by atoms with E-state index in [-0.39, 0.29) is 0 Å². The van der Waals surface area contributed by atoms with Crippen LogP contribution in [0.25, 0.3) is 5.57 Å². The fraction of sp³-hybridized carbons (Fsp3) is 0.391. The van der Waals surface area contributed by atoms with Crippen LogP contribution in [0.5, 0.6) is 5.75 Å². The average Bonchev–Trinajstić information content (AvgIpc) is 2.99. The van der Waals surface area contributed by atoms with Crippen LogP contribution in [-0.4, -0.2) is 31.6 Å². The molecule has 0 N–H and O–H groups in total. The molecule has 1 aliphatic rings. The summed E-state index contributed by atoms with van der Waals surface area (Å²) < 4.78 is 5.48. The molecule has 2 aromatic rings. The first-order chi connectivity index (χ1) is 12.2. The molecule has 2 nitrogen and oxygen atoms in total. The predicted octanol–water partition coefficient (Wildman–Crippen LogP) is 4.98. The van der Waals surface area contributed by atoms with Gasteiger partial charge in [-0.15, -0.1) is 0 Å². The molecule has 3 rings (SSSR count). The number of rotatable bonds is 8. The van der Waals surface area contributed by atoms with Crippen molar-refractivity contribution in [1.82, 2.24) is 4.90 Å². The Balaban J connectivity index is 1.89. The van der Waals surface area contributed by atoms with Crippen LogP contribution in [0.3, 0.4) is 0 Å². The summed E-state index contributed by atoms with van der Waals surface area (Å²) >= 11 is 0. The summed E-state index contributed by atoms with van der Waals surface area (Å²) in [6, 6.07) is 17.4. The molecule has 1 aliphatic carbocycles. The Morgan fingerprint density at radius 3 is 2.44 bits per heavy atom. The number of hydrogen-bond acceptors (Lipinski definition) is 2. The summed E-state index contributed by atoms with van der Waals surface area (Å²) in [5.41, 5.74) is 7.35. The molecule has 132 valence electrons. The van der Waals surface area contributed by atoms with E-state index < -0.39 is 0 Å². The number of methoxy groups -OCH3 is 1. The zero-order valence-electron chi connectivity index (χ0n) is 15.7. The maximum absolute atomic E-state index is 5.48. The van der Waals surface area contributed by atoms with Gasteiger partial charge >= 0.3 is 0 Å². The molecule has 0 amide bonds. The van der Waals surface area contributed by atoms with Gasteiger partial charge in [-0.3, -0.25) is 0 Å². The minimum Gasteiger partial charge on any atom is -0.497 e. The van der Waals surface area contributed by atoms with E-state index in [1.54, 1.807) is 12.7 Å². The molecule has 2 heteroatoms. The highest BCUT2D eigenvalue weighted by molar-refractivity contribution is 5.77. The quantitative estimate of drug-likeness (QED) is 0.674. The molecule has 0 spiro atoms. The monoisotopic (exact) mass is 335 g/mol. The second-order valence-electron chi connectivity index (χ2n) is 6.72. The smallest absolute Gasteiger partial charge is 0.119 e. The lowest BCUT2D eigenvalue weighted by Gasteiger charge is -2.19. The number of ether oxygens (including phenoxy) is 1. The summed E-state index contributed by atoms with van der Waals surface area (Å²) in [6.07, 6.45) is 3.23. The maximum Gasteiger partial charge on any atom is 0.119 e. The Morgan fingerprint density at radius 1 is 1.00 bits per heavy atom. The van der Waals surface area contributed by atoms with E-state index in [1.165, 1.54) is 22.3 Å². The highest BCUT2D eigenvalue weighted by Crippen LogP contribution is 2.38. The fourth-order valence-corrected chi connectivity index (χ4v) is 3.78. The molecule has 0 bridgehead atoms. The maximum atomic E-state index is 5.48. The fourth-order valence-electron chi connectivity index (χ4n) is 3.78. The van der Waals surface area contributed by atoms with E-state index in [0.29, 0.717) is 0 Å². The van der Waals surface area contributed by atoms with Crippen LogP contribution >= 0.6 is 0 Å². The van der Waals surface area contributed by atoms with E-state index in [1.807, 2.05) is 0 Å². The Bertz CT molecular complexity index is 729. The van der Waals surface area contributed by atoms with Crippen LogP contribution in [0.15, 0.2) is 54.1 Å². The van der Waals surface area contributed by atoms with Crippen molar-refractivity contribution in [1.29, 1.82) is 0 Å². The largest absolute Gasteiger partial charge is 0.497 e. The molecule has 2 aromatic carbocycles. The van der Waals surface area contributed by atoms with E-state index in [0.717, 1.165) is 44.6 Å². The van der Waals surface area contributed by atoms with Crippen molar-refractivity contribution in [3.05, 3.63) is 70.8 Å². The number of fused-ring (bicyclic) bond motifs is 1. The molecule has 0 saturated carbocycles. The third-order valence-corrected chi connectivity index (χ3v) is 5.31. The van der Waals surface area contributed by atoms with Crippen LogP contribution in [0.1, 0.15) is 37.0 Å². The van der Waals surface area contributed by atoms with Gasteiger partial charge in [0.05, 0.1) is 7.11 Å². The van der Waals surface area contributed by atoms with Crippen molar-refractivity contribution < 1.29 is 4.74 Å². The van der Waals surface area contributed by atoms with Crippen molar-refractivity contribution in [2.75, 3.05) is 26.7 Å². The lowest BCUT2D eigenvalue weighted by molar-refractivity contribution is 0.311. The topological polar surface area (TPSA) is 12.5 Å². The van der Waals surface area contributed by atoms with Gasteiger partial charge in [-0.25, -0.2) is 0 Å². The van der Waals surface area contributed by atoms with E-state index in [4.69, 9.17) is 4.74 Å². The number of benzene rings is 2. The van der Waals surface area contributed by atoms with E-state index >= 15 is 0 Å². The minimum absolute atomic E-state index is 0.958. The first kappa shape index (κ1) is 17.8. The second kappa shape index (κ2) is 8.35. The normalized spacial score (nSPS) is 13.4. The van der Waals surface area contributed by atoms with Gasteiger partial charge in [-0.05, 0) is 66.7 Å². The molecule has 0 fully saturated rings. The van der Waals surface area contributed by atoms with Crippen LogP contribution < -0.4 is 4.74 Å². The zero-order chi connectivity index (χ0) is 17.6. The summed E-state index contributed by atoms with van der Waals surface area (Å²) in [6.45, 7) is 7.84. The van der Waals surface area contributed by atoms with Gasteiger partial charge in [0.25, 0.3) is 0 Å². The summed E-state index contributed by atoms with van der Waals surface area (Å²) in [4.78, 5) is 2.51. The summed E-state index contributed by atoms with van der Waals surface area (Å²) in [5, 5.41) is 0.